The lowest BCUT2D eigenvalue weighted by molar-refractivity contribution is 0.672. The molecule has 25 heavy (non-hydrogen) atoms. The van der Waals surface area contributed by atoms with Gasteiger partial charge in [-0.3, -0.25) is 10.1 Å². The average molecular weight is 334 g/mol. The van der Waals surface area contributed by atoms with Crippen molar-refractivity contribution in [2.45, 2.75) is 39.0 Å². The van der Waals surface area contributed by atoms with Crippen molar-refractivity contribution >= 4 is 5.82 Å². The molecule has 2 N–H and O–H groups in total. The van der Waals surface area contributed by atoms with Gasteiger partial charge in [0.25, 0.3) is 0 Å². The summed E-state index contributed by atoms with van der Waals surface area (Å²) in [6.45, 7) is 2.79. The lowest BCUT2D eigenvalue weighted by atomic mass is 9.95. The molecule has 0 unspecified atom stereocenters. The number of rotatable bonds is 5. The van der Waals surface area contributed by atoms with Gasteiger partial charge in [-0.15, -0.1) is 0 Å². The normalized spacial score (nSPS) is 13.5. The molecule has 0 saturated carbocycles. The third-order valence-electron chi connectivity index (χ3n) is 4.58. The molecule has 1 aliphatic carbocycles. The monoisotopic (exact) mass is 334 g/mol. The SMILES string of the molecule is Cc1cc(NCCc2n[nH]c3c2CCCC3)nc(-c2cccnc2)n1. The molecular weight excluding hydrogens is 312 g/mol. The number of hydrogen-bond donors (Lipinski definition) is 2. The number of pyridine rings is 1. The van der Waals surface area contributed by atoms with Gasteiger partial charge in [0.1, 0.15) is 5.82 Å². The number of nitrogens with zero attached hydrogens (tertiary/aromatic N) is 4. The van der Waals surface area contributed by atoms with E-state index in [0.717, 1.165) is 42.9 Å². The summed E-state index contributed by atoms with van der Waals surface area (Å²) < 4.78 is 0. The fraction of sp³-hybridized carbons (Fsp3) is 0.368. The van der Waals surface area contributed by atoms with Gasteiger partial charge >= 0.3 is 0 Å². The molecule has 0 spiro atoms. The highest BCUT2D eigenvalue weighted by molar-refractivity contribution is 5.56. The van der Waals surface area contributed by atoms with Crippen molar-refractivity contribution in [3.8, 4) is 11.4 Å². The maximum Gasteiger partial charge on any atom is 0.163 e. The molecule has 3 aromatic heterocycles. The molecule has 3 heterocycles. The van der Waals surface area contributed by atoms with Gasteiger partial charge in [-0.2, -0.15) is 5.10 Å². The van der Waals surface area contributed by atoms with Crippen LogP contribution in [0.2, 0.25) is 0 Å². The van der Waals surface area contributed by atoms with E-state index >= 15 is 0 Å². The highest BCUT2D eigenvalue weighted by atomic mass is 15.1. The summed E-state index contributed by atoms with van der Waals surface area (Å²) in [5.41, 5.74) is 5.82. The van der Waals surface area contributed by atoms with Crippen molar-refractivity contribution in [3.05, 3.63) is 53.2 Å². The summed E-state index contributed by atoms with van der Waals surface area (Å²) in [6, 6.07) is 5.84. The summed E-state index contributed by atoms with van der Waals surface area (Å²) in [4.78, 5) is 13.3. The molecule has 0 radical (unpaired) electrons. The predicted molar refractivity (Wildman–Crippen MR) is 97.4 cm³/mol. The van der Waals surface area contributed by atoms with Crippen LogP contribution < -0.4 is 5.32 Å². The minimum absolute atomic E-state index is 0.702. The first-order chi connectivity index (χ1) is 12.3. The van der Waals surface area contributed by atoms with Gasteiger partial charge in [0.05, 0.1) is 5.69 Å². The quantitative estimate of drug-likeness (QED) is 0.749. The van der Waals surface area contributed by atoms with Crippen molar-refractivity contribution in [1.82, 2.24) is 25.1 Å². The Morgan fingerprint density at radius 2 is 2.12 bits per heavy atom. The lowest BCUT2D eigenvalue weighted by Crippen LogP contribution is -2.10. The second-order valence-electron chi connectivity index (χ2n) is 6.47. The summed E-state index contributed by atoms with van der Waals surface area (Å²) in [5.74, 6) is 1.54. The molecule has 0 bridgehead atoms. The third kappa shape index (κ3) is 3.52. The molecular formula is C19H22N6. The molecule has 4 rings (SSSR count). The van der Waals surface area contributed by atoms with Gasteiger partial charge < -0.3 is 5.32 Å². The minimum atomic E-state index is 0.702. The van der Waals surface area contributed by atoms with Crippen LogP contribution in [0.15, 0.2) is 30.6 Å². The number of aromatic nitrogens is 5. The second-order valence-corrected chi connectivity index (χ2v) is 6.47. The zero-order valence-electron chi connectivity index (χ0n) is 14.4. The lowest BCUT2D eigenvalue weighted by Gasteiger charge is -2.12. The molecule has 0 amide bonds. The number of fused-ring (bicyclic) bond motifs is 1. The molecule has 0 aromatic carbocycles. The van der Waals surface area contributed by atoms with E-state index in [1.54, 1.807) is 12.4 Å². The number of aryl methyl sites for hydroxylation is 2. The Bertz CT molecular complexity index is 856. The van der Waals surface area contributed by atoms with Crippen molar-refractivity contribution < 1.29 is 0 Å². The number of H-pyrrole nitrogens is 1. The molecule has 6 heteroatoms. The van der Waals surface area contributed by atoms with Gasteiger partial charge in [-0.1, -0.05) is 0 Å². The van der Waals surface area contributed by atoms with E-state index in [-0.39, 0.29) is 0 Å². The van der Waals surface area contributed by atoms with E-state index in [0.29, 0.717) is 5.82 Å². The second kappa shape index (κ2) is 7.01. The topological polar surface area (TPSA) is 79.4 Å². The van der Waals surface area contributed by atoms with Gasteiger partial charge in [-0.25, -0.2) is 9.97 Å². The zero-order chi connectivity index (χ0) is 17.1. The molecule has 6 nitrogen and oxygen atoms in total. The van der Waals surface area contributed by atoms with Crippen LogP contribution in [0.3, 0.4) is 0 Å². The Balaban J connectivity index is 1.45. The first kappa shape index (κ1) is 15.7. The minimum Gasteiger partial charge on any atom is -0.370 e. The Hall–Kier alpha value is -2.76. The number of anilines is 1. The first-order valence-corrected chi connectivity index (χ1v) is 8.84. The Morgan fingerprint density at radius 3 is 3.00 bits per heavy atom. The number of aromatic amines is 1. The fourth-order valence-corrected chi connectivity index (χ4v) is 3.35. The van der Waals surface area contributed by atoms with Crippen LogP contribution in [0.5, 0.6) is 0 Å². The zero-order valence-corrected chi connectivity index (χ0v) is 14.4. The van der Waals surface area contributed by atoms with Crippen LogP contribution in [0.25, 0.3) is 11.4 Å². The van der Waals surface area contributed by atoms with Gasteiger partial charge in [0, 0.05) is 48.4 Å². The van der Waals surface area contributed by atoms with Gasteiger partial charge in [0.15, 0.2) is 5.82 Å². The summed E-state index contributed by atoms with van der Waals surface area (Å²) in [7, 11) is 0. The summed E-state index contributed by atoms with van der Waals surface area (Å²) >= 11 is 0. The Morgan fingerprint density at radius 1 is 1.20 bits per heavy atom. The van der Waals surface area contributed by atoms with Crippen LogP contribution in [0.4, 0.5) is 5.82 Å². The van der Waals surface area contributed by atoms with E-state index in [2.05, 4.69) is 30.5 Å². The molecule has 128 valence electrons. The van der Waals surface area contributed by atoms with Crippen molar-refractivity contribution in [1.29, 1.82) is 0 Å². The average Bonchev–Trinajstić information content (AvgIpc) is 3.05. The van der Waals surface area contributed by atoms with Crippen molar-refractivity contribution in [3.63, 3.8) is 0 Å². The van der Waals surface area contributed by atoms with Crippen molar-refractivity contribution in [2.75, 3.05) is 11.9 Å². The molecule has 1 aliphatic rings. The summed E-state index contributed by atoms with van der Waals surface area (Å²) in [6.07, 6.45) is 9.26. The molecule has 3 aromatic rings. The predicted octanol–water partition coefficient (Wildman–Crippen LogP) is 3.10. The van der Waals surface area contributed by atoms with Crippen molar-refractivity contribution in [2.24, 2.45) is 0 Å². The fourth-order valence-electron chi connectivity index (χ4n) is 3.35. The molecule has 0 fully saturated rings. The Labute approximate surface area is 147 Å². The van der Waals surface area contributed by atoms with Crippen LogP contribution in [0, 0.1) is 6.92 Å². The summed E-state index contributed by atoms with van der Waals surface area (Å²) in [5, 5.41) is 11.1. The van der Waals surface area contributed by atoms with Crippen LogP contribution in [-0.2, 0) is 19.3 Å². The smallest absolute Gasteiger partial charge is 0.163 e. The number of nitrogens with one attached hydrogen (secondary N) is 2. The maximum atomic E-state index is 4.62. The van der Waals surface area contributed by atoms with Gasteiger partial charge in [-0.05, 0) is 50.3 Å². The number of hydrogen-bond acceptors (Lipinski definition) is 5. The van der Waals surface area contributed by atoms with E-state index in [4.69, 9.17) is 0 Å². The van der Waals surface area contributed by atoms with E-state index in [1.165, 1.54) is 29.8 Å². The van der Waals surface area contributed by atoms with E-state index in [1.807, 2.05) is 25.1 Å². The largest absolute Gasteiger partial charge is 0.370 e. The van der Waals surface area contributed by atoms with Gasteiger partial charge in [0.2, 0.25) is 0 Å². The van der Waals surface area contributed by atoms with Crippen LogP contribution in [0.1, 0.15) is 35.5 Å². The highest BCUT2D eigenvalue weighted by Crippen LogP contribution is 2.22. The molecule has 0 aliphatic heterocycles. The van der Waals surface area contributed by atoms with Crippen LogP contribution in [-0.4, -0.2) is 31.7 Å². The first-order valence-electron chi connectivity index (χ1n) is 8.84. The van der Waals surface area contributed by atoms with E-state index in [9.17, 15) is 0 Å². The molecule has 0 atom stereocenters. The Kier molecular flexibility index (Phi) is 4.41. The standard InChI is InChI=1S/C19H22N6/c1-13-11-18(23-19(22-13)14-5-4-9-20-12-14)21-10-8-17-15-6-2-3-7-16(15)24-25-17/h4-5,9,11-12H,2-3,6-8,10H2,1H3,(H,24,25)(H,21,22,23). The van der Waals surface area contributed by atoms with E-state index < -0.39 is 0 Å². The maximum absolute atomic E-state index is 4.62. The highest BCUT2D eigenvalue weighted by Gasteiger charge is 2.16. The third-order valence-corrected chi connectivity index (χ3v) is 4.58. The van der Waals surface area contributed by atoms with Crippen LogP contribution >= 0.6 is 0 Å². The molecule has 0 saturated heterocycles.